The number of aromatic carboxylic acids is 1. The molecule has 1 aromatic heterocycles. The van der Waals surface area contributed by atoms with Gasteiger partial charge in [-0.3, -0.25) is 4.79 Å². The maximum Gasteiger partial charge on any atom is 0.335 e. The maximum absolute atomic E-state index is 11.2. The van der Waals surface area contributed by atoms with E-state index in [0.29, 0.717) is 31.9 Å². The molecule has 2 N–H and O–H groups in total. The van der Waals surface area contributed by atoms with Crippen LogP contribution >= 0.6 is 11.6 Å². The van der Waals surface area contributed by atoms with Gasteiger partial charge in [-0.2, -0.15) is 0 Å². The summed E-state index contributed by atoms with van der Waals surface area (Å²) < 4.78 is 0. The van der Waals surface area contributed by atoms with Crippen molar-refractivity contribution in [2.45, 2.75) is 6.42 Å². The summed E-state index contributed by atoms with van der Waals surface area (Å²) in [5.74, 6) is -0.584. The quantitative estimate of drug-likeness (QED) is 0.775. The van der Waals surface area contributed by atoms with Crippen LogP contribution in [0, 0.1) is 0 Å². The van der Waals surface area contributed by atoms with Crippen molar-refractivity contribution in [3.63, 3.8) is 0 Å². The van der Waals surface area contributed by atoms with Crippen LogP contribution in [0.15, 0.2) is 12.1 Å². The van der Waals surface area contributed by atoms with Crippen molar-refractivity contribution in [2.75, 3.05) is 24.5 Å². The third-order valence-electron chi connectivity index (χ3n) is 2.66. The minimum Gasteiger partial charge on any atom is -0.478 e. The Hall–Kier alpha value is -1.82. The first-order chi connectivity index (χ1) is 8.56. The number of nitrogens with zero attached hydrogens (tertiary/aromatic N) is 2. The number of carbonyl (C=O) groups excluding carboxylic acids is 1. The zero-order chi connectivity index (χ0) is 13.1. The van der Waals surface area contributed by atoms with Crippen LogP contribution in [0.2, 0.25) is 5.15 Å². The Morgan fingerprint density at radius 1 is 1.44 bits per heavy atom. The minimum atomic E-state index is -1.05. The van der Waals surface area contributed by atoms with Crippen LogP contribution in [0.4, 0.5) is 5.82 Å². The third kappa shape index (κ3) is 2.89. The number of carboxylic acids is 1. The molecular formula is C11H12ClN3O3. The monoisotopic (exact) mass is 269 g/mol. The van der Waals surface area contributed by atoms with E-state index in [1.807, 2.05) is 4.90 Å². The number of amides is 1. The highest BCUT2D eigenvalue weighted by atomic mass is 35.5. The summed E-state index contributed by atoms with van der Waals surface area (Å²) in [5.41, 5.74) is 0.0912. The summed E-state index contributed by atoms with van der Waals surface area (Å²) in [6.07, 6.45) is 0.358. The van der Waals surface area contributed by atoms with Gasteiger partial charge < -0.3 is 15.3 Å². The fourth-order valence-electron chi connectivity index (χ4n) is 1.76. The summed E-state index contributed by atoms with van der Waals surface area (Å²) in [5, 5.41) is 11.8. The summed E-state index contributed by atoms with van der Waals surface area (Å²) in [6.45, 7) is 1.59. The van der Waals surface area contributed by atoms with Gasteiger partial charge in [0.2, 0.25) is 5.91 Å². The van der Waals surface area contributed by atoms with Gasteiger partial charge in [-0.1, -0.05) is 11.6 Å². The number of carboxylic acid groups (broad SMARTS) is 1. The van der Waals surface area contributed by atoms with E-state index in [4.69, 9.17) is 16.7 Å². The molecule has 2 rings (SSSR count). The zero-order valence-electron chi connectivity index (χ0n) is 9.52. The van der Waals surface area contributed by atoms with Crippen LogP contribution in [-0.2, 0) is 4.79 Å². The molecule has 1 aromatic rings. The highest BCUT2D eigenvalue weighted by Crippen LogP contribution is 2.19. The SMILES string of the molecule is O=C1CCN(c2cc(C(=O)O)cc(Cl)n2)CCN1. The third-order valence-corrected chi connectivity index (χ3v) is 2.86. The van der Waals surface area contributed by atoms with E-state index in [9.17, 15) is 9.59 Å². The number of halogens is 1. The summed E-state index contributed by atoms with van der Waals surface area (Å²) in [7, 11) is 0. The second-order valence-electron chi connectivity index (χ2n) is 3.93. The molecule has 0 spiro atoms. The van der Waals surface area contributed by atoms with E-state index in [2.05, 4.69) is 10.3 Å². The first-order valence-corrected chi connectivity index (χ1v) is 5.86. The number of hydrogen-bond acceptors (Lipinski definition) is 4. The van der Waals surface area contributed by atoms with Crippen molar-refractivity contribution in [3.8, 4) is 0 Å². The molecule has 1 fully saturated rings. The van der Waals surface area contributed by atoms with Gasteiger partial charge in [0.05, 0.1) is 5.56 Å². The van der Waals surface area contributed by atoms with Crippen molar-refractivity contribution >= 4 is 29.3 Å². The molecule has 6 nitrogen and oxygen atoms in total. The molecule has 0 bridgehead atoms. The Labute approximate surface area is 109 Å². The molecule has 96 valence electrons. The lowest BCUT2D eigenvalue weighted by Gasteiger charge is -2.20. The van der Waals surface area contributed by atoms with Crippen molar-refractivity contribution in [1.29, 1.82) is 0 Å². The molecule has 0 aromatic carbocycles. The van der Waals surface area contributed by atoms with Gasteiger partial charge in [0.25, 0.3) is 0 Å². The number of rotatable bonds is 2. The van der Waals surface area contributed by atoms with Gasteiger partial charge in [0.15, 0.2) is 0 Å². The van der Waals surface area contributed by atoms with Gasteiger partial charge in [0.1, 0.15) is 11.0 Å². The van der Waals surface area contributed by atoms with Crippen molar-refractivity contribution < 1.29 is 14.7 Å². The number of hydrogen-bond donors (Lipinski definition) is 2. The lowest BCUT2D eigenvalue weighted by molar-refractivity contribution is -0.120. The Balaban J connectivity index is 2.26. The van der Waals surface area contributed by atoms with Gasteiger partial charge in [-0.05, 0) is 12.1 Å². The van der Waals surface area contributed by atoms with Gasteiger partial charge in [-0.25, -0.2) is 9.78 Å². The number of aromatic nitrogens is 1. The molecule has 7 heteroatoms. The lowest BCUT2D eigenvalue weighted by atomic mass is 10.2. The Bertz CT molecular complexity index is 492. The molecular weight excluding hydrogens is 258 g/mol. The van der Waals surface area contributed by atoms with Gasteiger partial charge >= 0.3 is 5.97 Å². The topological polar surface area (TPSA) is 82.5 Å². The number of carbonyl (C=O) groups is 2. The average Bonchev–Trinajstić information content (AvgIpc) is 2.53. The molecule has 1 aliphatic heterocycles. The largest absolute Gasteiger partial charge is 0.478 e. The van der Waals surface area contributed by atoms with Crippen LogP contribution in [0.25, 0.3) is 0 Å². The predicted octanol–water partition coefficient (Wildman–Crippen LogP) is 0.760. The second-order valence-corrected chi connectivity index (χ2v) is 4.32. The molecule has 2 heterocycles. The van der Waals surface area contributed by atoms with Crippen LogP contribution in [0.1, 0.15) is 16.8 Å². The number of anilines is 1. The number of pyridine rings is 1. The molecule has 1 saturated heterocycles. The smallest absolute Gasteiger partial charge is 0.335 e. The average molecular weight is 270 g/mol. The van der Waals surface area contributed by atoms with E-state index < -0.39 is 5.97 Å². The maximum atomic E-state index is 11.2. The molecule has 0 aliphatic carbocycles. The zero-order valence-corrected chi connectivity index (χ0v) is 10.3. The summed E-state index contributed by atoms with van der Waals surface area (Å²) in [4.78, 5) is 28.1. The highest BCUT2D eigenvalue weighted by Gasteiger charge is 2.17. The van der Waals surface area contributed by atoms with Crippen LogP contribution in [0.3, 0.4) is 0 Å². The number of nitrogens with one attached hydrogen (secondary N) is 1. The summed E-state index contributed by atoms with van der Waals surface area (Å²) >= 11 is 5.80. The summed E-state index contributed by atoms with van der Waals surface area (Å²) in [6, 6.07) is 2.76. The van der Waals surface area contributed by atoms with Crippen LogP contribution < -0.4 is 10.2 Å². The first-order valence-electron chi connectivity index (χ1n) is 5.49. The highest BCUT2D eigenvalue weighted by molar-refractivity contribution is 6.29. The van der Waals surface area contributed by atoms with E-state index in [1.54, 1.807) is 0 Å². The Kier molecular flexibility index (Phi) is 3.66. The van der Waals surface area contributed by atoms with Crippen LogP contribution in [-0.4, -0.2) is 41.6 Å². The fraction of sp³-hybridized carbons (Fsp3) is 0.364. The molecule has 1 amide bonds. The molecule has 0 unspecified atom stereocenters. The fourth-order valence-corrected chi connectivity index (χ4v) is 1.97. The van der Waals surface area contributed by atoms with Gasteiger partial charge in [0, 0.05) is 26.1 Å². The predicted molar refractivity (Wildman–Crippen MR) is 66.0 cm³/mol. The molecule has 18 heavy (non-hydrogen) atoms. The van der Waals surface area contributed by atoms with Crippen molar-refractivity contribution in [2.24, 2.45) is 0 Å². The molecule has 0 saturated carbocycles. The Morgan fingerprint density at radius 2 is 2.22 bits per heavy atom. The minimum absolute atomic E-state index is 0.0158. The van der Waals surface area contributed by atoms with Crippen molar-refractivity contribution in [3.05, 3.63) is 22.8 Å². The van der Waals surface area contributed by atoms with Crippen LogP contribution in [0.5, 0.6) is 0 Å². The van der Waals surface area contributed by atoms with E-state index in [-0.39, 0.29) is 16.6 Å². The van der Waals surface area contributed by atoms with E-state index >= 15 is 0 Å². The standard InChI is InChI=1S/C11H12ClN3O3/c12-8-5-7(11(17)18)6-9(14-8)15-3-1-10(16)13-2-4-15/h5-6H,1-4H2,(H,13,16)(H,17,18). The van der Waals surface area contributed by atoms with Gasteiger partial charge in [-0.15, -0.1) is 0 Å². The van der Waals surface area contributed by atoms with E-state index in [1.165, 1.54) is 12.1 Å². The normalized spacial score (nSPS) is 16.1. The molecule has 0 atom stereocenters. The first kappa shape index (κ1) is 12.6. The molecule has 1 aliphatic rings. The lowest BCUT2D eigenvalue weighted by Crippen LogP contribution is -2.29. The van der Waals surface area contributed by atoms with E-state index in [0.717, 1.165) is 0 Å². The van der Waals surface area contributed by atoms with Crippen molar-refractivity contribution in [1.82, 2.24) is 10.3 Å². The second kappa shape index (κ2) is 5.22. The molecule has 0 radical (unpaired) electrons. The Morgan fingerprint density at radius 3 is 2.94 bits per heavy atom.